The second kappa shape index (κ2) is 17.8. The fourth-order valence-electron chi connectivity index (χ4n) is 5.75. The Kier molecular flexibility index (Phi) is 14.4. The summed E-state index contributed by atoms with van der Waals surface area (Å²) in [6.45, 7) is 2.56. The number of hydrogen-bond acceptors (Lipinski definition) is 8. The Morgan fingerprint density at radius 1 is 0.766 bits per heavy atom. The maximum atomic E-state index is 12.5. The number of esters is 1. The molecule has 2 heterocycles. The second-order valence-corrected chi connectivity index (χ2v) is 12.6. The number of carbonyl (C=O) groups excluding carboxylic acids is 4. The van der Waals surface area contributed by atoms with E-state index in [1.807, 2.05) is 0 Å². The number of nitrogens with zero attached hydrogens (tertiary/aromatic N) is 2. The molecule has 0 aromatic heterocycles. The quantitative estimate of drug-likeness (QED) is 0.173. The minimum Gasteiger partial charge on any atom is -0.481 e. The number of hydrogen-bond donors (Lipinski definition) is 1. The smallest absolute Gasteiger partial charge is 0.409 e. The van der Waals surface area contributed by atoms with E-state index in [4.69, 9.17) is 60.6 Å². The molecule has 47 heavy (non-hydrogen) atoms. The van der Waals surface area contributed by atoms with Gasteiger partial charge in [-0.25, -0.2) is 9.59 Å². The van der Waals surface area contributed by atoms with Crippen LogP contribution >= 0.6 is 46.4 Å². The molecule has 2 aliphatic heterocycles. The van der Waals surface area contributed by atoms with Crippen molar-refractivity contribution < 1.29 is 43.3 Å². The Morgan fingerprint density at radius 3 is 1.62 bits per heavy atom. The van der Waals surface area contributed by atoms with Gasteiger partial charge < -0.3 is 29.1 Å². The predicted octanol–water partition coefficient (Wildman–Crippen LogP) is 7.63. The molecule has 15 heteroatoms. The van der Waals surface area contributed by atoms with E-state index < -0.39 is 42.1 Å². The van der Waals surface area contributed by atoms with Crippen molar-refractivity contribution in [3.8, 4) is 0 Å². The Bertz CT molecular complexity index is 1470. The highest BCUT2D eigenvalue weighted by Gasteiger charge is 2.38. The van der Waals surface area contributed by atoms with Gasteiger partial charge in [0.1, 0.15) is 12.2 Å². The molecule has 4 unspecified atom stereocenters. The zero-order valence-electron chi connectivity index (χ0n) is 26.0. The summed E-state index contributed by atoms with van der Waals surface area (Å²) in [4.78, 5) is 62.4. The van der Waals surface area contributed by atoms with Crippen LogP contribution in [-0.4, -0.2) is 78.7 Å². The van der Waals surface area contributed by atoms with Crippen molar-refractivity contribution in [2.75, 3.05) is 33.9 Å². The summed E-state index contributed by atoms with van der Waals surface area (Å²) in [5, 5.41) is 11.0. The SMILES string of the molecule is CCOC(=O)CC(=O)C1CCN(C(=O)OC)C(c2ccc(Cl)cc2Cl)C1.COC(=O)N1CCC(C(=O)O)CC1c1ccc(Cl)cc1Cl. The van der Waals surface area contributed by atoms with E-state index in [1.165, 1.54) is 19.1 Å². The Labute approximate surface area is 292 Å². The first-order valence-electron chi connectivity index (χ1n) is 14.8. The first-order valence-corrected chi connectivity index (χ1v) is 16.3. The topological polar surface area (TPSA) is 140 Å². The van der Waals surface area contributed by atoms with Gasteiger partial charge >= 0.3 is 24.1 Å². The highest BCUT2D eigenvalue weighted by atomic mass is 35.5. The molecule has 0 spiro atoms. The lowest BCUT2D eigenvalue weighted by Gasteiger charge is -2.38. The monoisotopic (exact) mass is 732 g/mol. The van der Waals surface area contributed by atoms with Crippen LogP contribution in [0.2, 0.25) is 20.1 Å². The largest absolute Gasteiger partial charge is 0.481 e. The average molecular weight is 734 g/mol. The van der Waals surface area contributed by atoms with Crippen molar-refractivity contribution in [1.82, 2.24) is 9.80 Å². The molecule has 0 radical (unpaired) electrons. The molecule has 2 aliphatic rings. The first kappa shape index (κ1) is 38.2. The molecule has 256 valence electrons. The number of halogens is 4. The number of carboxylic acids is 1. The van der Waals surface area contributed by atoms with Crippen molar-refractivity contribution >= 4 is 76.3 Å². The third-order valence-electron chi connectivity index (χ3n) is 8.09. The van der Waals surface area contributed by atoms with Crippen LogP contribution in [0.1, 0.15) is 62.2 Å². The number of aliphatic carboxylic acids is 1. The molecule has 11 nitrogen and oxygen atoms in total. The lowest BCUT2D eigenvalue weighted by atomic mass is 9.84. The number of ether oxygens (including phenoxy) is 3. The molecule has 0 saturated carbocycles. The van der Waals surface area contributed by atoms with Crippen molar-refractivity contribution in [2.45, 2.75) is 51.1 Å². The average Bonchev–Trinajstić information content (AvgIpc) is 3.04. The number of benzene rings is 2. The van der Waals surface area contributed by atoms with E-state index in [1.54, 1.807) is 48.2 Å². The van der Waals surface area contributed by atoms with Crippen LogP contribution in [0.15, 0.2) is 36.4 Å². The van der Waals surface area contributed by atoms with Crippen molar-refractivity contribution in [2.24, 2.45) is 11.8 Å². The number of amides is 2. The number of carboxylic acid groups (broad SMARTS) is 1. The minimum atomic E-state index is -0.866. The van der Waals surface area contributed by atoms with Gasteiger partial charge in [-0.1, -0.05) is 58.5 Å². The van der Waals surface area contributed by atoms with Gasteiger partial charge in [0.05, 0.1) is 38.8 Å². The summed E-state index contributed by atoms with van der Waals surface area (Å²) in [6.07, 6.45) is 0.256. The molecular formula is C32H36Cl4N2O9. The van der Waals surface area contributed by atoms with Crippen LogP contribution < -0.4 is 0 Å². The number of methoxy groups -OCH3 is 2. The normalized spacial score (nSPS) is 20.7. The number of carbonyl (C=O) groups is 5. The Balaban J connectivity index is 0.000000261. The van der Waals surface area contributed by atoms with E-state index in [-0.39, 0.29) is 24.7 Å². The van der Waals surface area contributed by atoms with Crippen LogP contribution in [0.5, 0.6) is 0 Å². The Morgan fingerprint density at radius 2 is 1.21 bits per heavy atom. The number of piperidine rings is 2. The molecule has 2 saturated heterocycles. The highest BCUT2D eigenvalue weighted by Crippen LogP contribution is 2.40. The summed E-state index contributed by atoms with van der Waals surface area (Å²) in [6, 6.07) is 9.12. The summed E-state index contributed by atoms with van der Waals surface area (Å²) in [7, 11) is 2.60. The minimum absolute atomic E-state index is 0.192. The molecule has 2 amide bonds. The van der Waals surface area contributed by atoms with Gasteiger partial charge in [-0.05, 0) is 68.0 Å². The van der Waals surface area contributed by atoms with Crippen molar-refractivity contribution in [1.29, 1.82) is 0 Å². The maximum absolute atomic E-state index is 12.5. The van der Waals surface area contributed by atoms with Crippen LogP contribution in [0.4, 0.5) is 9.59 Å². The fraction of sp³-hybridized carbons (Fsp3) is 0.469. The first-order chi connectivity index (χ1) is 22.3. The van der Waals surface area contributed by atoms with Crippen LogP contribution in [0, 0.1) is 11.8 Å². The molecule has 2 fully saturated rings. The predicted molar refractivity (Wildman–Crippen MR) is 176 cm³/mol. The van der Waals surface area contributed by atoms with Gasteiger partial charge in [0, 0.05) is 39.1 Å². The van der Waals surface area contributed by atoms with Crippen LogP contribution in [0.3, 0.4) is 0 Å². The lowest BCUT2D eigenvalue weighted by Crippen LogP contribution is -2.43. The van der Waals surface area contributed by atoms with Gasteiger partial charge in [-0.15, -0.1) is 0 Å². The molecule has 0 aliphatic carbocycles. The van der Waals surface area contributed by atoms with E-state index in [0.717, 1.165) is 0 Å². The fourth-order valence-corrected chi connectivity index (χ4v) is 6.82. The summed E-state index contributed by atoms with van der Waals surface area (Å²) >= 11 is 24.3. The summed E-state index contributed by atoms with van der Waals surface area (Å²) in [5.41, 5.74) is 1.37. The number of ketones is 1. The Hall–Kier alpha value is -3.25. The van der Waals surface area contributed by atoms with Crippen LogP contribution in [-0.2, 0) is 28.6 Å². The van der Waals surface area contributed by atoms with E-state index in [9.17, 15) is 29.1 Å². The highest BCUT2D eigenvalue weighted by molar-refractivity contribution is 6.35. The third-order valence-corrected chi connectivity index (χ3v) is 9.22. The summed E-state index contributed by atoms with van der Waals surface area (Å²) in [5.74, 6) is -2.47. The standard InChI is InChI=1S/C18H21Cl2NO5.C14H15Cl2NO4/c1-3-26-17(23)10-16(22)11-6-7-21(18(24)25-2)15(8-11)13-5-4-12(19)9-14(13)20;1-21-14(20)17-5-4-8(13(18)19)6-12(17)10-3-2-9(15)7-11(10)16/h4-5,9,11,15H,3,6-8,10H2,1-2H3;2-3,7-8,12H,4-6H2,1H3,(H,18,19). The van der Waals surface area contributed by atoms with Gasteiger partial charge in [-0.2, -0.15) is 0 Å². The van der Waals surface area contributed by atoms with E-state index in [2.05, 4.69) is 0 Å². The van der Waals surface area contributed by atoms with Gasteiger partial charge in [0.15, 0.2) is 0 Å². The molecule has 2 aromatic carbocycles. The maximum Gasteiger partial charge on any atom is 0.409 e. The van der Waals surface area contributed by atoms with E-state index in [0.29, 0.717) is 70.0 Å². The van der Waals surface area contributed by atoms with Gasteiger partial charge in [0.25, 0.3) is 0 Å². The van der Waals surface area contributed by atoms with Gasteiger partial charge in [-0.3, -0.25) is 14.4 Å². The molecule has 1 N–H and O–H groups in total. The molecule has 2 aromatic rings. The zero-order valence-corrected chi connectivity index (χ0v) is 29.1. The zero-order chi connectivity index (χ0) is 34.8. The molecule has 4 rings (SSSR count). The van der Waals surface area contributed by atoms with Gasteiger partial charge in [0.2, 0.25) is 0 Å². The molecule has 4 atom stereocenters. The number of likely N-dealkylation sites (tertiary alicyclic amines) is 2. The van der Waals surface area contributed by atoms with E-state index >= 15 is 0 Å². The third kappa shape index (κ3) is 10.1. The lowest BCUT2D eigenvalue weighted by molar-refractivity contribution is -0.147. The number of Topliss-reactive ketones (excluding diaryl/α,β-unsaturated/α-hetero) is 1. The molecular weight excluding hydrogens is 698 g/mol. The van der Waals surface area contributed by atoms with Crippen molar-refractivity contribution in [3.05, 3.63) is 67.6 Å². The van der Waals surface area contributed by atoms with Crippen molar-refractivity contribution in [3.63, 3.8) is 0 Å². The van der Waals surface area contributed by atoms with Crippen LogP contribution in [0.25, 0.3) is 0 Å². The second-order valence-electron chi connectivity index (χ2n) is 10.9. The molecule has 0 bridgehead atoms. The number of rotatable bonds is 7. The summed E-state index contributed by atoms with van der Waals surface area (Å²) < 4.78 is 14.5.